The highest BCUT2D eigenvalue weighted by molar-refractivity contribution is 9.10. The van der Waals surface area contributed by atoms with Gasteiger partial charge in [-0.3, -0.25) is 0 Å². The summed E-state index contributed by atoms with van der Waals surface area (Å²) in [7, 11) is 0. The highest BCUT2D eigenvalue weighted by atomic mass is 79.9. The van der Waals surface area contributed by atoms with Crippen LogP contribution in [-0.2, 0) is 0 Å². The molecule has 3 nitrogen and oxygen atoms in total. The number of halogens is 1. The van der Waals surface area contributed by atoms with Gasteiger partial charge in [-0.25, -0.2) is 4.79 Å². The molecule has 1 aliphatic rings. The fourth-order valence-electron chi connectivity index (χ4n) is 2.20. The lowest BCUT2D eigenvalue weighted by Crippen LogP contribution is -2.08. The van der Waals surface area contributed by atoms with Crippen LogP contribution in [0.15, 0.2) is 40.9 Å². The predicted octanol–water partition coefficient (Wildman–Crippen LogP) is 3.95. The molecule has 1 aromatic heterocycles. The lowest BCUT2D eigenvalue weighted by atomic mass is 10.1. The van der Waals surface area contributed by atoms with Crippen molar-refractivity contribution in [1.29, 1.82) is 0 Å². The summed E-state index contributed by atoms with van der Waals surface area (Å²) in [5.74, 6) is -0.856. The molecule has 0 radical (unpaired) electrons. The van der Waals surface area contributed by atoms with Crippen LogP contribution in [0.25, 0.3) is 11.3 Å². The van der Waals surface area contributed by atoms with Crippen molar-refractivity contribution in [1.82, 2.24) is 4.57 Å². The maximum atomic E-state index is 11.2. The monoisotopic (exact) mass is 305 g/mol. The van der Waals surface area contributed by atoms with E-state index in [1.807, 2.05) is 34.9 Å². The van der Waals surface area contributed by atoms with Crippen molar-refractivity contribution in [2.75, 3.05) is 0 Å². The molecule has 0 unspecified atom stereocenters. The van der Waals surface area contributed by atoms with E-state index < -0.39 is 5.97 Å². The average Bonchev–Trinajstić information content (AvgIpc) is 3.09. The number of carboxylic acids is 1. The third kappa shape index (κ3) is 1.97. The first-order valence-corrected chi connectivity index (χ1v) is 6.66. The summed E-state index contributed by atoms with van der Waals surface area (Å²) in [6.45, 7) is 0. The van der Waals surface area contributed by atoms with Crippen LogP contribution in [0.2, 0.25) is 0 Å². The predicted molar refractivity (Wildman–Crippen MR) is 72.8 cm³/mol. The van der Waals surface area contributed by atoms with E-state index in [0.717, 1.165) is 28.6 Å². The second-order valence-corrected chi connectivity index (χ2v) is 5.43. The first-order valence-electron chi connectivity index (χ1n) is 5.87. The SMILES string of the molecule is O=C(O)c1ccc(-c2ccc(Br)cc2)n1C1CC1. The molecular weight excluding hydrogens is 294 g/mol. The number of hydrogen-bond acceptors (Lipinski definition) is 1. The van der Waals surface area contributed by atoms with E-state index in [1.165, 1.54) is 0 Å². The summed E-state index contributed by atoms with van der Waals surface area (Å²) in [6.07, 6.45) is 2.14. The minimum atomic E-state index is -0.856. The van der Waals surface area contributed by atoms with Crippen molar-refractivity contribution in [3.8, 4) is 11.3 Å². The Kier molecular flexibility index (Phi) is 2.74. The zero-order chi connectivity index (χ0) is 12.7. The third-order valence-corrected chi connectivity index (χ3v) is 3.72. The Hall–Kier alpha value is -1.55. The largest absolute Gasteiger partial charge is 0.477 e. The number of rotatable bonds is 3. The Morgan fingerprint density at radius 2 is 1.83 bits per heavy atom. The first kappa shape index (κ1) is 11.5. The minimum absolute atomic E-state index is 0.352. The van der Waals surface area contributed by atoms with Crippen LogP contribution in [0.1, 0.15) is 29.4 Å². The van der Waals surface area contributed by atoms with E-state index in [-0.39, 0.29) is 0 Å². The van der Waals surface area contributed by atoms with E-state index in [0.29, 0.717) is 11.7 Å². The van der Waals surface area contributed by atoms with Crippen molar-refractivity contribution in [2.24, 2.45) is 0 Å². The fourth-order valence-corrected chi connectivity index (χ4v) is 2.47. The van der Waals surface area contributed by atoms with Gasteiger partial charge in [-0.15, -0.1) is 0 Å². The van der Waals surface area contributed by atoms with Crippen molar-refractivity contribution in [3.63, 3.8) is 0 Å². The number of aromatic nitrogens is 1. The average molecular weight is 306 g/mol. The molecule has 2 aromatic rings. The Balaban J connectivity index is 2.11. The summed E-state index contributed by atoms with van der Waals surface area (Å²) in [5.41, 5.74) is 2.43. The van der Waals surface area contributed by atoms with E-state index >= 15 is 0 Å². The second-order valence-electron chi connectivity index (χ2n) is 4.52. The van der Waals surface area contributed by atoms with Gasteiger partial charge in [0, 0.05) is 16.2 Å². The van der Waals surface area contributed by atoms with Crippen molar-refractivity contribution >= 4 is 21.9 Å². The number of benzene rings is 1. The van der Waals surface area contributed by atoms with Crippen LogP contribution < -0.4 is 0 Å². The molecule has 1 saturated carbocycles. The summed E-state index contributed by atoms with van der Waals surface area (Å²) in [5, 5.41) is 9.22. The molecule has 1 aliphatic carbocycles. The van der Waals surface area contributed by atoms with Gasteiger partial charge < -0.3 is 9.67 Å². The molecule has 0 atom stereocenters. The molecule has 0 saturated heterocycles. The topological polar surface area (TPSA) is 42.2 Å². The summed E-state index contributed by atoms with van der Waals surface area (Å²) in [6, 6.07) is 11.9. The molecule has 0 amide bonds. The summed E-state index contributed by atoms with van der Waals surface area (Å²) in [4.78, 5) is 11.2. The highest BCUT2D eigenvalue weighted by Crippen LogP contribution is 2.40. The van der Waals surface area contributed by atoms with Gasteiger partial charge in [0.05, 0.1) is 0 Å². The van der Waals surface area contributed by atoms with Crippen molar-refractivity contribution in [3.05, 3.63) is 46.6 Å². The molecule has 1 heterocycles. The molecule has 1 fully saturated rings. The van der Waals surface area contributed by atoms with Crippen LogP contribution in [0.5, 0.6) is 0 Å². The molecule has 92 valence electrons. The maximum Gasteiger partial charge on any atom is 0.352 e. The quantitative estimate of drug-likeness (QED) is 0.933. The van der Waals surface area contributed by atoms with Gasteiger partial charge in [-0.2, -0.15) is 0 Å². The number of aromatic carboxylic acids is 1. The van der Waals surface area contributed by atoms with Crippen LogP contribution >= 0.6 is 15.9 Å². The normalized spacial score (nSPS) is 14.7. The van der Waals surface area contributed by atoms with Gasteiger partial charge in [-0.1, -0.05) is 28.1 Å². The van der Waals surface area contributed by atoms with Crippen molar-refractivity contribution < 1.29 is 9.90 Å². The van der Waals surface area contributed by atoms with Crippen LogP contribution in [0.3, 0.4) is 0 Å². The molecule has 1 N–H and O–H groups in total. The van der Waals surface area contributed by atoms with Gasteiger partial charge in [-0.05, 0) is 42.7 Å². The highest BCUT2D eigenvalue weighted by Gasteiger charge is 2.29. The second kappa shape index (κ2) is 4.28. The molecule has 18 heavy (non-hydrogen) atoms. The summed E-state index contributed by atoms with van der Waals surface area (Å²) >= 11 is 3.41. The molecule has 0 bridgehead atoms. The lowest BCUT2D eigenvalue weighted by Gasteiger charge is -2.10. The minimum Gasteiger partial charge on any atom is -0.477 e. The standard InChI is InChI=1S/C14H12BrNO2/c15-10-3-1-9(2-4-10)12-7-8-13(14(17)18)16(12)11-5-6-11/h1-4,7-8,11H,5-6H2,(H,17,18). The molecule has 0 aliphatic heterocycles. The zero-order valence-corrected chi connectivity index (χ0v) is 11.2. The third-order valence-electron chi connectivity index (χ3n) is 3.19. The van der Waals surface area contributed by atoms with Crippen LogP contribution in [-0.4, -0.2) is 15.6 Å². The van der Waals surface area contributed by atoms with Gasteiger partial charge >= 0.3 is 5.97 Å². The number of carbonyl (C=O) groups is 1. The van der Waals surface area contributed by atoms with E-state index in [4.69, 9.17) is 0 Å². The molecule has 3 rings (SSSR count). The Labute approximate surface area is 113 Å². The first-order chi connectivity index (χ1) is 8.66. The summed E-state index contributed by atoms with van der Waals surface area (Å²) < 4.78 is 2.97. The van der Waals surface area contributed by atoms with E-state index in [9.17, 15) is 9.90 Å². The van der Waals surface area contributed by atoms with Gasteiger partial charge in [0.1, 0.15) is 5.69 Å². The number of nitrogens with zero attached hydrogens (tertiary/aromatic N) is 1. The lowest BCUT2D eigenvalue weighted by molar-refractivity contribution is 0.0685. The molecular formula is C14H12BrNO2. The molecule has 0 spiro atoms. The number of carboxylic acid groups (broad SMARTS) is 1. The van der Waals surface area contributed by atoms with Crippen molar-refractivity contribution in [2.45, 2.75) is 18.9 Å². The van der Waals surface area contributed by atoms with Crippen LogP contribution in [0, 0.1) is 0 Å². The van der Waals surface area contributed by atoms with Gasteiger partial charge in [0.15, 0.2) is 0 Å². The zero-order valence-electron chi connectivity index (χ0n) is 9.64. The Morgan fingerprint density at radius 3 is 2.39 bits per heavy atom. The molecule has 4 heteroatoms. The van der Waals surface area contributed by atoms with E-state index in [1.54, 1.807) is 6.07 Å². The van der Waals surface area contributed by atoms with Crippen LogP contribution in [0.4, 0.5) is 0 Å². The maximum absolute atomic E-state index is 11.2. The Bertz CT molecular complexity index is 597. The van der Waals surface area contributed by atoms with E-state index in [2.05, 4.69) is 15.9 Å². The Morgan fingerprint density at radius 1 is 1.17 bits per heavy atom. The number of hydrogen-bond donors (Lipinski definition) is 1. The fraction of sp³-hybridized carbons (Fsp3) is 0.214. The molecule has 1 aromatic carbocycles. The van der Waals surface area contributed by atoms with Gasteiger partial charge in [0.25, 0.3) is 0 Å². The van der Waals surface area contributed by atoms with Gasteiger partial charge in [0.2, 0.25) is 0 Å². The smallest absolute Gasteiger partial charge is 0.352 e.